The largest absolute Gasteiger partial charge is 0.484 e. The minimum absolute atomic E-state index is 0.110. The maximum absolute atomic E-state index is 11.6. The van der Waals surface area contributed by atoms with Gasteiger partial charge in [-0.2, -0.15) is 0 Å². The van der Waals surface area contributed by atoms with Crippen molar-refractivity contribution in [2.45, 2.75) is 13.0 Å². The zero-order valence-electron chi connectivity index (χ0n) is 10.2. The first-order valence-corrected chi connectivity index (χ1v) is 6.15. The average Bonchev–Trinajstić information content (AvgIpc) is 2.29. The Balaban J connectivity index is 2.49. The molecule has 0 saturated carbocycles. The fourth-order valence-corrected chi connectivity index (χ4v) is 1.61. The molecule has 0 radical (unpaired) electrons. The Bertz CT molecular complexity index is 424. The van der Waals surface area contributed by atoms with E-state index in [9.17, 15) is 4.79 Å². The fraction of sp³-hybridized carbons (Fsp3) is 0.417. The summed E-state index contributed by atoms with van der Waals surface area (Å²) in [6.07, 6.45) is -0.566. The van der Waals surface area contributed by atoms with Gasteiger partial charge in [0.1, 0.15) is 5.75 Å². The third-order valence-electron chi connectivity index (χ3n) is 2.22. The molecule has 6 heteroatoms. The van der Waals surface area contributed by atoms with Gasteiger partial charge in [-0.25, -0.2) is 0 Å². The molecule has 1 atom stereocenters. The molecule has 0 saturated heterocycles. The van der Waals surface area contributed by atoms with Gasteiger partial charge in [0.2, 0.25) is 0 Å². The Kier molecular flexibility index (Phi) is 5.72. The van der Waals surface area contributed by atoms with E-state index in [0.29, 0.717) is 15.8 Å². The van der Waals surface area contributed by atoms with Crippen LogP contribution in [0.5, 0.6) is 5.75 Å². The summed E-state index contributed by atoms with van der Waals surface area (Å²) in [6, 6.07) is 4.78. The number of hydrogen-bond acceptors (Lipinski definition) is 3. The van der Waals surface area contributed by atoms with E-state index in [4.69, 9.17) is 33.0 Å². The summed E-state index contributed by atoms with van der Waals surface area (Å²) in [7, 11) is 1.60. The van der Waals surface area contributed by atoms with Crippen molar-refractivity contribution < 1.29 is 14.6 Å². The van der Waals surface area contributed by atoms with Crippen LogP contribution in [-0.4, -0.2) is 42.2 Å². The Morgan fingerprint density at radius 1 is 1.44 bits per heavy atom. The minimum Gasteiger partial charge on any atom is -0.484 e. The second kappa shape index (κ2) is 6.83. The highest BCUT2D eigenvalue weighted by Gasteiger charge is 2.11. The van der Waals surface area contributed by atoms with Crippen LogP contribution < -0.4 is 4.74 Å². The van der Waals surface area contributed by atoms with E-state index in [-0.39, 0.29) is 19.1 Å². The number of hydrogen-bond donors (Lipinski definition) is 1. The van der Waals surface area contributed by atoms with Gasteiger partial charge >= 0.3 is 0 Å². The average molecular weight is 292 g/mol. The molecule has 0 bridgehead atoms. The molecule has 0 fully saturated rings. The third kappa shape index (κ3) is 4.72. The minimum atomic E-state index is -0.566. The molecule has 1 N–H and O–H groups in total. The number of benzene rings is 1. The number of carbonyl (C=O) groups excluding carboxylic acids is 1. The lowest BCUT2D eigenvalue weighted by Gasteiger charge is -2.18. The van der Waals surface area contributed by atoms with Crippen LogP contribution in [0.1, 0.15) is 6.92 Å². The molecule has 1 aromatic carbocycles. The van der Waals surface area contributed by atoms with Crippen LogP contribution in [0, 0.1) is 0 Å². The molecule has 0 aromatic heterocycles. The summed E-state index contributed by atoms with van der Waals surface area (Å²) >= 11 is 11.6. The third-order valence-corrected chi connectivity index (χ3v) is 2.96. The van der Waals surface area contributed by atoms with Crippen molar-refractivity contribution in [1.29, 1.82) is 0 Å². The molecule has 1 unspecified atom stereocenters. The second-order valence-electron chi connectivity index (χ2n) is 3.99. The highest BCUT2D eigenvalue weighted by molar-refractivity contribution is 6.42. The van der Waals surface area contributed by atoms with E-state index in [2.05, 4.69) is 0 Å². The normalized spacial score (nSPS) is 12.1. The molecule has 1 rings (SSSR count). The van der Waals surface area contributed by atoms with Gasteiger partial charge in [0.05, 0.1) is 16.1 Å². The Labute approximate surface area is 116 Å². The monoisotopic (exact) mass is 291 g/mol. The van der Waals surface area contributed by atoms with Gasteiger partial charge in [-0.1, -0.05) is 23.2 Å². The summed E-state index contributed by atoms with van der Waals surface area (Å²) in [5.74, 6) is 0.255. The molecule has 0 aliphatic carbocycles. The fourth-order valence-electron chi connectivity index (χ4n) is 1.32. The molecule has 18 heavy (non-hydrogen) atoms. The van der Waals surface area contributed by atoms with Crippen molar-refractivity contribution in [3.8, 4) is 5.75 Å². The van der Waals surface area contributed by atoms with Crippen molar-refractivity contribution in [3.05, 3.63) is 28.2 Å². The number of likely N-dealkylation sites (N-methyl/N-ethyl adjacent to an activating group) is 1. The van der Waals surface area contributed by atoms with E-state index in [1.807, 2.05) is 0 Å². The Hall–Kier alpha value is -0.970. The van der Waals surface area contributed by atoms with Crippen LogP contribution in [0.4, 0.5) is 0 Å². The van der Waals surface area contributed by atoms with Gasteiger partial charge in [-0.05, 0) is 19.1 Å². The molecule has 0 spiro atoms. The lowest BCUT2D eigenvalue weighted by Crippen LogP contribution is -2.36. The van der Waals surface area contributed by atoms with Gasteiger partial charge in [0.25, 0.3) is 5.91 Å². The smallest absolute Gasteiger partial charge is 0.260 e. The lowest BCUT2D eigenvalue weighted by atomic mass is 10.3. The van der Waals surface area contributed by atoms with Crippen LogP contribution >= 0.6 is 23.2 Å². The molecule has 4 nitrogen and oxygen atoms in total. The van der Waals surface area contributed by atoms with Crippen LogP contribution in [0.3, 0.4) is 0 Å². The van der Waals surface area contributed by atoms with Crippen LogP contribution in [0.15, 0.2) is 18.2 Å². The number of nitrogens with zero attached hydrogens (tertiary/aromatic N) is 1. The molecule has 1 aromatic rings. The first-order chi connectivity index (χ1) is 8.40. The van der Waals surface area contributed by atoms with Gasteiger partial charge in [0, 0.05) is 19.7 Å². The van der Waals surface area contributed by atoms with Crippen molar-refractivity contribution in [1.82, 2.24) is 4.90 Å². The number of aliphatic hydroxyl groups excluding tert-OH is 1. The molecule has 0 heterocycles. The molecule has 0 aliphatic heterocycles. The van der Waals surface area contributed by atoms with E-state index < -0.39 is 6.10 Å². The molecule has 1 amide bonds. The summed E-state index contributed by atoms with van der Waals surface area (Å²) < 4.78 is 5.29. The van der Waals surface area contributed by atoms with E-state index in [1.54, 1.807) is 32.2 Å². The number of ether oxygens (including phenoxy) is 1. The zero-order chi connectivity index (χ0) is 13.7. The van der Waals surface area contributed by atoms with Gasteiger partial charge in [-0.3, -0.25) is 4.79 Å². The van der Waals surface area contributed by atoms with Crippen molar-refractivity contribution in [2.75, 3.05) is 20.2 Å². The first kappa shape index (κ1) is 15.1. The molecule has 0 aliphatic rings. The summed E-state index contributed by atoms with van der Waals surface area (Å²) in [5, 5.41) is 9.96. The molecular weight excluding hydrogens is 277 g/mol. The van der Waals surface area contributed by atoms with E-state index in [1.165, 1.54) is 4.90 Å². The SMILES string of the molecule is CC(O)CN(C)C(=O)COc1ccc(Cl)c(Cl)c1. The van der Waals surface area contributed by atoms with Crippen LogP contribution in [-0.2, 0) is 4.79 Å². The number of carbonyl (C=O) groups is 1. The van der Waals surface area contributed by atoms with Crippen LogP contribution in [0.2, 0.25) is 10.0 Å². The maximum Gasteiger partial charge on any atom is 0.260 e. The standard InChI is InChI=1S/C12H15Cl2NO3/c1-8(16)6-15(2)12(17)7-18-9-3-4-10(13)11(14)5-9/h3-5,8,16H,6-7H2,1-2H3. The lowest BCUT2D eigenvalue weighted by molar-refractivity contribution is -0.133. The molecule has 100 valence electrons. The number of rotatable bonds is 5. The topological polar surface area (TPSA) is 49.8 Å². The van der Waals surface area contributed by atoms with Gasteiger partial charge < -0.3 is 14.7 Å². The second-order valence-corrected chi connectivity index (χ2v) is 4.80. The summed E-state index contributed by atoms with van der Waals surface area (Å²) in [5.41, 5.74) is 0. The zero-order valence-corrected chi connectivity index (χ0v) is 11.7. The Morgan fingerprint density at radius 3 is 2.67 bits per heavy atom. The predicted molar refractivity (Wildman–Crippen MR) is 71.3 cm³/mol. The molecular formula is C12H15Cl2NO3. The highest BCUT2D eigenvalue weighted by Crippen LogP contribution is 2.26. The van der Waals surface area contributed by atoms with Gasteiger partial charge in [0.15, 0.2) is 6.61 Å². The van der Waals surface area contributed by atoms with Crippen LogP contribution in [0.25, 0.3) is 0 Å². The quantitative estimate of drug-likeness (QED) is 0.905. The number of halogens is 2. The van der Waals surface area contributed by atoms with Crippen molar-refractivity contribution in [3.63, 3.8) is 0 Å². The summed E-state index contributed by atoms with van der Waals surface area (Å²) in [4.78, 5) is 13.0. The van der Waals surface area contributed by atoms with E-state index in [0.717, 1.165) is 0 Å². The Morgan fingerprint density at radius 2 is 2.11 bits per heavy atom. The van der Waals surface area contributed by atoms with Crippen molar-refractivity contribution in [2.24, 2.45) is 0 Å². The number of aliphatic hydroxyl groups is 1. The van der Waals surface area contributed by atoms with Gasteiger partial charge in [-0.15, -0.1) is 0 Å². The number of amides is 1. The van der Waals surface area contributed by atoms with Crippen molar-refractivity contribution >= 4 is 29.1 Å². The first-order valence-electron chi connectivity index (χ1n) is 5.40. The maximum atomic E-state index is 11.6. The highest BCUT2D eigenvalue weighted by atomic mass is 35.5. The predicted octanol–water partition coefficient (Wildman–Crippen LogP) is 2.21. The van der Waals surface area contributed by atoms with E-state index >= 15 is 0 Å². The summed E-state index contributed by atoms with van der Waals surface area (Å²) in [6.45, 7) is 1.77.